The zero-order chi connectivity index (χ0) is 17.9. The molecule has 0 aliphatic carbocycles. The number of aryl methyl sites for hydroxylation is 1. The summed E-state index contributed by atoms with van der Waals surface area (Å²) in [6, 6.07) is 15.6. The van der Waals surface area contributed by atoms with E-state index in [-0.39, 0.29) is 5.91 Å². The Bertz CT molecular complexity index is 655. The van der Waals surface area contributed by atoms with Gasteiger partial charge in [0.25, 0.3) is 0 Å². The molecule has 0 radical (unpaired) electrons. The van der Waals surface area contributed by atoms with Gasteiger partial charge in [-0.05, 0) is 25.1 Å². The summed E-state index contributed by atoms with van der Waals surface area (Å²) in [5.74, 6) is 1.46. The van der Waals surface area contributed by atoms with Crippen LogP contribution >= 0.6 is 0 Å². The highest BCUT2D eigenvalue weighted by molar-refractivity contribution is 5.76. The van der Waals surface area contributed by atoms with Gasteiger partial charge in [0.15, 0.2) is 0 Å². The van der Waals surface area contributed by atoms with E-state index in [2.05, 4.69) is 5.32 Å². The lowest BCUT2D eigenvalue weighted by atomic mass is 10.2. The molecule has 2 aromatic rings. The first-order chi connectivity index (χ1) is 12.2. The van der Waals surface area contributed by atoms with E-state index in [0.29, 0.717) is 32.8 Å². The van der Waals surface area contributed by atoms with E-state index in [9.17, 15) is 4.79 Å². The summed E-state index contributed by atoms with van der Waals surface area (Å²) < 4.78 is 16.1. The Balaban J connectivity index is 1.83. The van der Waals surface area contributed by atoms with Gasteiger partial charge in [0.05, 0.1) is 19.8 Å². The van der Waals surface area contributed by atoms with E-state index < -0.39 is 0 Å². The number of carbonyl (C=O) groups excluding carboxylic acids is 1. The molecule has 0 bridgehead atoms. The van der Waals surface area contributed by atoms with Gasteiger partial charge >= 0.3 is 0 Å². The van der Waals surface area contributed by atoms with Crippen molar-refractivity contribution < 1.29 is 19.0 Å². The van der Waals surface area contributed by atoms with Crippen molar-refractivity contribution >= 4 is 5.91 Å². The molecule has 0 atom stereocenters. The molecule has 2 rings (SSSR count). The minimum atomic E-state index is -0.0532. The molecule has 0 saturated heterocycles. The third kappa shape index (κ3) is 6.95. The molecule has 0 spiro atoms. The predicted octanol–water partition coefficient (Wildman–Crippen LogP) is 3.46. The van der Waals surface area contributed by atoms with Crippen molar-refractivity contribution in [3.8, 4) is 11.5 Å². The number of nitrogens with one attached hydrogen (secondary N) is 1. The van der Waals surface area contributed by atoms with Crippen LogP contribution in [0.1, 0.15) is 17.5 Å². The maximum Gasteiger partial charge on any atom is 0.222 e. The van der Waals surface area contributed by atoms with Crippen LogP contribution in [0.2, 0.25) is 0 Å². The summed E-state index contributed by atoms with van der Waals surface area (Å²) in [7, 11) is 1.62. The number of para-hydroxylation sites is 1. The number of amides is 1. The van der Waals surface area contributed by atoms with Crippen LogP contribution in [0.25, 0.3) is 0 Å². The second kappa shape index (κ2) is 10.5. The van der Waals surface area contributed by atoms with Crippen molar-refractivity contribution in [1.82, 2.24) is 5.32 Å². The first-order valence-electron chi connectivity index (χ1n) is 8.35. The van der Waals surface area contributed by atoms with Gasteiger partial charge in [-0.3, -0.25) is 4.79 Å². The second-order valence-corrected chi connectivity index (χ2v) is 5.65. The zero-order valence-corrected chi connectivity index (χ0v) is 14.8. The fourth-order valence-electron chi connectivity index (χ4n) is 2.17. The van der Waals surface area contributed by atoms with Gasteiger partial charge in [0, 0.05) is 25.6 Å². The first kappa shape index (κ1) is 19.0. The molecular formula is C20H25NO4. The molecular weight excluding hydrogens is 318 g/mol. The van der Waals surface area contributed by atoms with Crippen LogP contribution in [-0.2, 0) is 20.8 Å². The second-order valence-electron chi connectivity index (χ2n) is 5.65. The van der Waals surface area contributed by atoms with Gasteiger partial charge in [-0.15, -0.1) is 0 Å². The highest BCUT2D eigenvalue weighted by atomic mass is 16.5. The van der Waals surface area contributed by atoms with E-state index >= 15 is 0 Å². The lowest BCUT2D eigenvalue weighted by Gasteiger charge is -2.12. The fourth-order valence-corrected chi connectivity index (χ4v) is 2.17. The molecule has 25 heavy (non-hydrogen) atoms. The topological polar surface area (TPSA) is 56.8 Å². The smallest absolute Gasteiger partial charge is 0.222 e. The Morgan fingerprint density at radius 3 is 2.52 bits per heavy atom. The lowest BCUT2D eigenvalue weighted by Crippen LogP contribution is -2.24. The average Bonchev–Trinajstić information content (AvgIpc) is 2.63. The number of benzene rings is 2. The lowest BCUT2D eigenvalue weighted by molar-refractivity contribution is -0.122. The van der Waals surface area contributed by atoms with Crippen LogP contribution in [0.15, 0.2) is 48.5 Å². The summed E-state index contributed by atoms with van der Waals surface area (Å²) in [6.45, 7) is 3.87. The average molecular weight is 343 g/mol. The normalized spacial score (nSPS) is 10.5. The molecule has 0 unspecified atom stereocenters. The maximum atomic E-state index is 11.9. The molecule has 134 valence electrons. The zero-order valence-electron chi connectivity index (χ0n) is 14.8. The highest BCUT2D eigenvalue weighted by Gasteiger charge is 2.07. The molecule has 5 heteroatoms. The Labute approximate surface area is 148 Å². The van der Waals surface area contributed by atoms with E-state index in [1.165, 1.54) is 5.56 Å². The monoisotopic (exact) mass is 343 g/mol. The first-order valence-corrected chi connectivity index (χ1v) is 8.35. The number of methoxy groups -OCH3 is 1. The molecule has 0 aliphatic heterocycles. The Morgan fingerprint density at radius 1 is 1.00 bits per heavy atom. The minimum absolute atomic E-state index is 0.0532. The summed E-state index contributed by atoms with van der Waals surface area (Å²) in [5, 5.41) is 2.89. The van der Waals surface area contributed by atoms with Gasteiger partial charge < -0.3 is 19.5 Å². The van der Waals surface area contributed by atoms with Crippen molar-refractivity contribution in [2.24, 2.45) is 0 Å². The highest BCUT2D eigenvalue weighted by Crippen LogP contribution is 2.25. The van der Waals surface area contributed by atoms with Gasteiger partial charge in [0.2, 0.25) is 5.91 Å². The molecule has 0 heterocycles. The SMILES string of the molecule is COCCOCCC(=O)NCc1ccccc1Oc1ccc(C)cc1. The Morgan fingerprint density at radius 2 is 1.76 bits per heavy atom. The van der Waals surface area contributed by atoms with Crippen LogP contribution in [-0.4, -0.2) is 32.8 Å². The van der Waals surface area contributed by atoms with Crippen LogP contribution in [0.3, 0.4) is 0 Å². The third-order valence-corrected chi connectivity index (χ3v) is 3.60. The van der Waals surface area contributed by atoms with E-state index in [0.717, 1.165) is 17.1 Å². The molecule has 0 fully saturated rings. The minimum Gasteiger partial charge on any atom is -0.457 e. The molecule has 0 aliphatic rings. The summed E-state index contributed by atoms with van der Waals surface area (Å²) >= 11 is 0. The van der Waals surface area contributed by atoms with Gasteiger partial charge in [-0.2, -0.15) is 0 Å². The molecule has 2 aromatic carbocycles. The Kier molecular flexibility index (Phi) is 7.95. The summed E-state index contributed by atoms with van der Waals surface area (Å²) in [6.07, 6.45) is 0.324. The Hall–Kier alpha value is -2.37. The van der Waals surface area contributed by atoms with Crippen LogP contribution in [0.4, 0.5) is 0 Å². The summed E-state index contributed by atoms with van der Waals surface area (Å²) in [5.41, 5.74) is 2.11. The number of carbonyl (C=O) groups is 1. The molecule has 5 nitrogen and oxygen atoms in total. The maximum absolute atomic E-state index is 11.9. The molecule has 1 amide bonds. The van der Waals surface area contributed by atoms with Gasteiger partial charge in [-0.25, -0.2) is 0 Å². The standard InChI is InChI=1S/C20H25NO4/c1-16-7-9-18(10-8-16)25-19-6-4-3-5-17(19)15-21-20(22)11-12-24-14-13-23-2/h3-10H,11-15H2,1-2H3,(H,21,22). The van der Waals surface area contributed by atoms with Crippen molar-refractivity contribution in [3.05, 3.63) is 59.7 Å². The fraction of sp³-hybridized carbons (Fsp3) is 0.350. The van der Waals surface area contributed by atoms with Crippen molar-refractivity contribution in [2.45, 2.75) is 19.9 Å². The molecule has 0 aromatic heterocycles. The molecule has 0 saturated carbocycles. The van der Waals surface area contributed by atoms with E-state index in [4.69, 9.17) is 14.2 Å². The van der Waals surface area contributed by atoms with E-state index in [1.54, 1.807) is 7.11 Å². The van der Waals surface area contributed by atoms with Crippen molar-refractivity contribution in [1.29, 1.82) is 0 Å². The van der Waals surface area contributed by atoms with Crippen LogP contribution in [0.5, 0.6) is 11.5 Å². The largest absolute Gasteiger partial charge is 0.457 e. The quantitative estimate of drug-likeness (QED) is 0.671. The third-order valence-electron chi connectivity index (χ3n) is 3.60. The molecule has 1 N–H and O–H groups in total. The van der Waals surface area contributed by atoms with Crippen LogP contribution < -0.4 is 10.1 Å². The van der Waals surface area contributed by atoms with Gasteiger partial charge in [0.1, 0.15) is 11.5 Å². The summed E-state index contributed by atoms with van der Waals surface area (Å²) in [4.78, 5) is 11.9. The number of rotatable bonds is 10. The number of ether oxygens (including phenoxy) is 3. The number of hydrogen-bond acceptors (Lipinski definition) is 4. The van der Waals surface area contributed by atoms with Crippen molar-refractivity contribution in [3.63, 3.8) is 0 Å². The predicted molar refractivity (Wildman–Crippen MR) is 96.9 cm³/mol. The number of hydrogen-bond donors (Lipinski definition) is 1. The van der Waals surface area contributed by atoms with Crippen LogP contribution in [0, 0.1) is 6.92 Å². The van der Waals surface area contributed by atoms with Crippen molar-refractivity contribution in [2.75, 3.05) is 26.9 Å². The van der Waals surface area contributed by atoms with Gasteiger partial charge in [-0.1, -0.05) is 35.9 Å². The van der Waals surface area contributed by atoms with E-state index in [1.807, 2.05) is 55.5 Å².